The van der Waals surface area contributed by atoms with E-state index in [2.05, 4.69) is 5.32 Å². The summed E-state index contributed by atoms with van der Waals surface area (Å²) in [5.41, 5.74) is -1.60. The smallest absolute Gasteiger partial charge is 0.128 e. The van der Waals surface area contributed by atoms with Crippen LogP contribution in [0, 0.1) is 0 Å². The van der Waals surface area contributed by atoms with E-state index in [1.165, 1.54) is 0 Å². The van der Waals surface area contributed by atoms with Gasteiger partial charge in [-0.3, -0.25) is 0 Å². The van der Waals surface area contributed by atoms with Crippen molar-refractivity contribution < 1.29 is 20.4 Å². The summed E-state index contributed by atoms with van der Waals surface area (Å²) in [6.45, 7) is -0.219. The highest BCUT2D eigenvalue weighted by molar-refractivity contribution is 5.85. The molecular weight excluding hydrogens is 186 g/mol. The topological polar surface area (TPSA) is 93.0 Å². The maximum absolute atomic E-state index is 9.40. The SMILES string of the molecule is Cl.OC[C@@]1(O)CNC[C@H](O)[C@H]1O. The van der Waals surface area contributed by atoms with Gasteiger partial charge in [0.05, 0.1) is 12.7 Å². The zero-order chi connectivity index (χ0) is 8.48. The highest BCUT2D eigenvalue weighted by atomic mass is 35.5. The average molecular weight is 200 g/mol. The molecule has 0 bridgehead atoms. The Balaban J connectivity index is 0.00000121. The van der Waals surface area contributed by atoms with E-state index in [1.807, 2.05) is 0 Å². The molecule has 0 saturated carbocycles. The Morgan fingerprint density at radius 3 is 2.42 bits per heavy atom. The monoisotopic (exact) mass is 199 g/mol. The van der Waals surface area contributed by atoms with Crippen molar-refractivity contribution in [3.63, 3.8) is 0 Å². The number of nitrogens with one attached hydrogen (secondary N) is 1. The first kappa shape index (κ1) is 12.1. The number of rotatable bonds is 1. The van der Waals surface area contributed by atoms with E-state index in [0.717, 1.165) is 0 Å². The number of hydrogen-bond acceptors (Lipinski definition) is 5. The van der Waals surface area contributed by atoms with Gasteiger partial charge in [0.1, 0.15) is 11.7 Å². The molecule has 5 N–H and O–H groups in total. The maximum Gasteiger partial charge on any atom is 0.128 e. The molecule has 1 heterocycles. The summed E-state index contributed by atoms with van der Waals surface area (Å²) < 4.78 is 0. The van der Waals surface area contributed by atoms with Crippen LogP contribution in [-0.2, 0) is 0 Å². The molecule has 74 valence electrons. The Labute approximate surface area is 76.4 Å². The highest BCUT2D eigenvalue weighted by Crippen LogP contribution is 2.15. The third-order valence-electron chi connectivity index (χ3n) is 1.97. The molecule has 1 aliphatic rings. The van der Waals surface area contributed by atoms with Gasteiger partial charge in [-0.25, -0.2) is 0 Å². The lowest BCUT2D eigenvalue weighted by Crippen LogP contribution is -2.64. The standard InChI is InChI=1S/C6H13NO4.ClH/c8-3-6(11)2-7-1-4(9)5(6)10;/h4-5,7-11H,1-3H2;1H/t4-,5+,6-;/m0./s1. The number of piperidine rings is 1. The van der Waals surface area contributed by atoms with Gasteiger partial charge in [-0.1, -0.05) is 0 Å². The number of aliphatic hydroxyl groups excluding tert-OH is 3. The number of hydrogen-bond donors (Lipinski definition) is 5. The quantitative estimate of drug-likeness (QED) is 0.321. The van der Waals surface area contributed by atoms with Crippen molar-refractivity contribution in [1.29, 1.82) is 0 Å². The van der Waals surface area contributed by atoms with Crippen molar-refractivity contribution in [2.75, 3.05) is 19.7 Å². The van der Waals surface area contributed by atoms with E-state index < -0.39 is 24.4 Å². The first-order chi connectivity index (χ1) is 5.10. The van der Waals surface area contributed by atoms with E-state index in [9.17, 15) is 10.2 Å². The molecule has 1 saturated heterocycles. The minimum absolute atomic E-state index is 0. The van der Waals surface area contributed by atoms with Crippen LogP contribution in [-0.4, -0.2) is 57.9 Å². The Morgan fingerprint density at radius 2 is 2.00 bits per heavy atom. The van der Waals surface area contributed by atoms with E-state index in [0.29, 0.717) is 0 Å². The van der Waals surface area contributed by atoms with Crippen LogP contribution in [0.4, 0.5) is 0 Å². The van der Waals surface area contributed by atoms with Gasteiger partial charge >= 0.3 is 0 Å². The van der Waals surface area contributed by atoms with Gasteiger partial charge in [-0.2, -0.15) is 0 Å². The lowest BCUT2D eigenvalue weighted by molar-refractivity contribution is -0.158. The van der Waals surface area contributed by atoms with Crippen molar-refractivity contribution in [2.45, 2.75) is 17.8 Å². The minimum atomic E-state index is -1.60. The molecule has 3 atom stereocenters. The molecular formula is C6H14ClNO4. The fourth-order valence-corrected chi connectivity index (χ4v) is 1.16. The second-order valence-electron chi connectivity index (χ2n) is 2.90. The molecule has 0 aromatic rings. The predicted octanol–water partition coefficient (Wildman–Crippen LogP) is -2.54. The first-order valence-corrected chi connectivity index (χ1v) is 3.50. The van der Waals surface area contributed by atoms with E-state index in [-0.39, 0.29) is 25.5 Å². The summed E-state index contributed by atoms with van der Waals surface area (Å²) >= 11 is 0. The molecule has 0 spiro atoms. The lowest BCUT2D eigenvalue weighted by Gasteiger charge is -2.38. The summed E-state index contributed by atoms with van der Waals surface area (Å²) in [6, 6.07) is 0. The Kier molecular flexibility index (Phi) is 4.39. The molecule has 0 aromatic heterocycles. The van der Waals surface area contributed by atoms with Crippen LogP contribution in [0.1, 0.15) is 0 Å². The van der Waals surface area contributed by atoms with Gasteiger partial charge in [-0.05, 0) is 0 Å². The Morgan fingerprint density at radius 1 is 1.42 bits per heavy atom. The first-order valence-electron chi connectivity index (χ1n) is 3.50. The lowest BCUT2D eigenvalue weighted by atomic mass is 9.90. The molecule has 1 aliphatic heterocycles. The van der Waals surface area contributed by atoms with E-state index in [4.69, 9.17) is 10.2 Å². The molecule has 1 fully saturated rings. The molecule has 1 rings (SSSR count). The molecule has 0 aliphatic carbocycles. The van der Waals surface area contributed by atoms with Crippen molar-refractivity contribution in [1.82, 2.24) is 5.32 Å². The van der Waals surface area contributed by atoms with Crippen LogP contribution >= 0.6 is 12.4 Å². The maximum atomic E-state index is 9.40. The second-order valence-corrected chi connectivity index (χ2v) is 2.90. The molecule has 12 heavy (non-hydrogen) atoms. The summed E-state index contributed by atoms with van der Waals surface area (Å²) in [5.74, 6) is 0. The van der Waals surface area contributed by atoms with Gasteiger partial charge in [0.15, 0.2) is 0 Å². The van der Waals surface area contributed by atoms with Crippen LogP contribution in [0.5, 0.6) is 0 Å². The van der Waals surface area contributed by atoms with Crippen LogP contribution in [0.2, 0.25) is 0 Å². The van der Waals surface area contributed by atoms with E-state index >= 15 is 0 Å². The van der Waals surface area contributed by atoms with Gasteiger partial charge in [0, 0.05) is 13.1 Å². The van der Waals surface area contributed by atoms with Gasteiger partial charge in [0.25, 0.3) is 0 Å². The highest BCUT2D eigenvalue weighted by Gasteiger charge is 2.42. The third kappa shape index (κ3) is 2.07. The zero-order valence-electron chi connectivity index (χ0n) is 6.47. The van der Waals surface area contributed by atoms with Crippen LogP contribution in [0.25, 0.3) is 0 Å². The Hall–Kier alpha value is 0.0900. The van der Waals surface area contributed by atoms with Crippen LogP contribution in [0.15, 0.2) is 0 Å². The Bertz CT molecular complexity index is 148. The van der Waals surface area contributed by atoms with Crippen molar-refractivity contribution in [3.8, 4) is 0 Å². The number of β-amino-alcohol motifs (C(OH)–C–C–N with tert-alkyl or cyclic N) is 2. The van der Waals surface area contributed by atoms with Crippen LogP contribution in [0.3, 0.4) is 0 Å². The van der Waals surface area contributed by atoms with Crippen LogP contribution < -0.4 is 5.32 Å². The number of aliphatic hydroxyl groups is 4. The molecule has 0 amide bonds. The summed E-state index contributed by atoms with van der Waals surface area (Å²) in [5, 5.41) is 39.0. The zero-order valence-corrected chi connectivity index (χ0v) is 7.29. The largest absolute Gasteiger partial charge is 0.393 e. The van der Waals surface area contributed by atoms with Crippen molar-refractivity contribution in [2.24, 2.45) is 0 Å². The predicted molar refractivity (Wildman–Crippen MR) is 44.2 cm³/mol. The van der Waals surface area contributed by atoms with Gasteiger partial charge in [0.2, 0.25) is 0 Å². The van der Waals surface area contributed by atoms with Crippen molar-refractivity contribution >= 4 is 12.4 Å². The minimum Gasteiger partial charge on any atom is -0.393 e. The molecule has 5 nitrogen and oxygen atoms in total. The summed E-state index contributed by atoms with van der Waals surface area (Å²) in [6.07, 6.45) is -2.28. The normalized spacial score (nSPS) is 42.0. The van der Waals surface area contributed by atoms with E-state index in [1.54, 1.807) is 0 Å². The van der Waals surface area contributed by atoms with Crippen molar-refractivity contribution in [3.05, 3.63) is 0 Å². The molecule has 0 aromatic carbocycles. The second kappa shape index (κ2) is 4.36. The van der Waals surface area contributed by atoms with Gasteiger partial charge in [-0.15, -0.1) is 12.4 Å². The summed E-state index contributed by atoms with van der Waals surface area (Å²) in [4.78, 5) is 0. The summed E-state index contributed by atoms with van der Waals surface area (Å²) in [7, 11) is 0. The molecule has 6 heteroatoms. The molecule has 0 radical (unpaired) electrons. The van der Waals surface area contributed by atoms with Gasteiger partial charge < -0.3 is 25.7 Å². The molecule has 0 unspecified atom stereocenters. The average Bonchev–Trinajstić information content (AvgIpc) is 2.00. The number of halogens is 1. The fraction of sp³-hybridized carbons (Fsp3) is 1.00. The third-order valence-corrected chi connectivity index (χ3v) is 1.97. The fourth-order valence-electron chi connectivity index (χ4n) is 1.16.